The molecule has 0 aromatic carbocycles. The van der Waals surface area contributed by atoms with Gasteiger partial charge < -0.3 is 14.8 Å². The molecule has 0 radical (unpaired) electrons. The highest BCUT2D eigenvalue weighted by atomic mass is 16.5. The minimum Gasteiger partial charge on any atom is -0.385 e. The summed E-state index contributed by atoms with van der Waals surface area (Å²) >= 11 is 0. The van der Waals surface area contributed by atoms with Crippen LogP contribution in [-0.2, 0) is 9.47 Å². The summed E-state index contributed by atoms with van der Waals surface area (Å²) in [7, 11) is 1.79. The van der Waals surface area contributed by atoms with Crippen molar-refractivity contribution in [2.45, 2.75) is 40.0 Å². The Kier molecular flexibility index (Phi) is 7.20. The smallest absolute Gasteiger partial charge is 0.0537 e. The van der Waals surface area contributed by atoms with E-state index in [0.29, 0.717) is 17.3 Å². The van der Waals surface area contributed by atoms with Gasteiger partial charge in [-0.1, -0.05) is 20.8 Å². The molecular formula is C15H31NO2. The second-order valence-electron chi connectivity index (χ2n) is 6.23. The van der Waals surface area contributed by atoms with Gasteiger partial charge in [0.05, 0.1) is 6.61 Å². The van der Waals surface area contributed by atoms with Crippen LogP contribution >= 0.6 is 0 Å². The van der Waals surface area contributed by atoms with Gasteiger partial charge in [0.15, 0.2) is 0 Å². The van der Waals surface area contributed by atoms with Crippen molar-refractivity contribution in [1.82, 2.24) is 5.32 Å². The number of hydrogen-bond donors (Lipinski definition) is 1. The summed E-state index contributed by atoms with van der Waals surface area (Å²) in [5.74, 6) is 1.36. The van der Waals surface area contributed by atoms with Gasteiger partial charge in [-0.25, -0.2) is 0 Å². The Bertz CT molecular complexity index is 213. The highest BCUT2D eigenvalue weighted by Crippen LogP contribution is 2.37. The fourth-order valence-corrected chi connectivity index (χ4v) is 2.79. The molecule has 1 saturated heterocycles. The van der Waals surface area contributed by atoms with E-state index >= 15 is 0 Å². The molecule has 0 saturated carbocycles. The highest BCUT2D eigenvalue weighted by molar-refractivity contribution is 4.88. The topological polar surface area (TPSA) is 30.5 Å². The van der Waals surface area contributed by atoms with E-state index in [-0.39, 0.29) is 0 Å². The molecule has 3 heteroatoms. The number of ether oxygens (including phenoxy) is 2. The van der Waals surface area contributed by atoms with Gasteiger partial charge in [-0.3, -0.25) is 0 Å². The monoisotopic (exact) mass is 257 g/mol. The summed E-state index contributed by atoms with van der Waals surface area (Å²) < 4.78 is 11.0. The molecule has 0 aromatic rings. The van der Waals surface area contributed by atoms with E-state index in [4.69, 9.17) is 9.47 Å². The van der Waals surface area contributed by atoms with E-state index < -0.39 is 0 Å². The van der Waals surface area contributed by atoms with Crippen LogP contribution < -0.4 is 5.32 Å². The Balaban J connectivity index is 2.50. The summed E-state index contributed by atoms with van der Waals surface area (Å²) in [5.41, 5.74) is 0.311. The molecule has 2 atom stereocenters. The average Bonchev–Trinajstić information content (AvgIpc) is 2.36. The van der Waals surface area contributed by atoms with Gasteiger partial charge in [0, 0.05) is 32.3 Å². The van der Waals surface area contributed by atoms with E-state index in [1.807, 2.05) is 0 Å². The van der Waals surface area contributed by atoms with E-state index in [1.165, 1.54) is 12.8 Å². The molecule has 0 spiro atoms. The Morgan fingerprint density at radius 3 is 2.67 bits per heavy atom. The Labute approximate surface area is 113 Å². The molecule has 1 fully saturated rings. The van der Waals surface area contributed by atoms with Crippen molar-refractivity contribution in [3.8, 4) is 0 Å². The van der Waals surface area contributed by atoms with Crippen LogP contribution in [0.25, 0.3) is 0 Å². The second-order valence-corrected chi connectivity index (χ2v) is 6.23. The van der Waals surface area contributed by atoms with Crippen LogP contribution in [0.4, 0.5) is 0 Å². The maximum atomic E-state index is 5.76. The van der Waals surface area contributed by atoms with Crippen molar-refractivity contribution in [2.24, 2.45) is 17.3 Å². The van der Waals surface area contributed by atoms with Crippen LogP contribution in [0.2, 0.25) is 0 Å². The lowest BCUT2D eigenvalue weighted by Gasteiger charge is -2.42. The summed E-state index contributed by atoms with van der Waals surface area (Å²) in [6.07, 6.45) is 3.60. The van der Waals surface area contributed by atoms with Gasteiger partial charge in [-0.15, -0.1) is 0 Å². The molecule has 0 amide bonds. The zero-order valence-corrected chi connectivity index (χ0v) is 12.6. The number of rotatable bonds is 8. The average molecular weight is 257 g/mol. The quantitative estimate of drug-likeness (QED) is 0.725. The molecule has 18 heavy (non-hydrogen) atoms. The van der Waals surface area contributed by atoms with Crippen molar-refractivity contribution in [3.05, 3.63) is 0 Å². The van der Waals surface area contributed by atoms with Crippen molar-refractivity contribution in [3.63, 3.8) is 0 Å². The predicted molar refractivity (Wildman–Crippen MR) is 75.9 cm³/mol. The number of hydrogen-bond acceptors (Lipinski definition) is 3. The molecule has 1 aliphatic rings. The van der Waals surface area contributed by atoms with Gasteiger partial charge in [-0.05, 0) is 37.6 Å². The third-order valence-electron chi connectivity index (χ3n) is 4.18. The van der Waals surface area contributed by atoms with Crippen molar-refractivity contribution in [2.75, 3.05) is 40.0 Å². The van der Waals surface area contributed by atoms with Crippen molar-refractivity contribution >= 4 is 0 Å². The van der Waals surface area contributed by atoms with Crippen LogP contribution in [0.1, 0.15) is 40.0 Å². The summed E-state index contributed by atoms with van der Waals surface area (Å²) in [5, 5.41) is 3.63. The Morgan fingerprint density at radius 2 is 2.11 bits per heavy atom. The molecule has 1 N–H and O–H groups in total. The normalized spacial score (nSPS) is 26.5. The second kappa shape index (κ2) is 8.13. The maximum absolute atomic E-state index is 5.76. The summed E-state index contributed by atoms with van der Waals surface area (Å²) in [6.45, 7) is 11.7. The molecule has 2 unspecified atom stereocenters. The van der Waals surface area contributed by atoms with Gasteiger partial charge in [0.1, 0.15) is 0 Å². The number of methoxy groups -OCH3 is 1. The van der Waals surface area contributed by atoms with Gasteiger partial charge >= 0.3 is 0 Å². The lowest BCUT2D eigenvalue weighted by Crippen LogP contribution is -2.46. The lowest BCUT2D eigenvalue weighted by molar-refractivity contribution is -0.0438. The molecule has 108 valence electrons. The third kappa shape index (κ3) is 4.87. The van der Waals surface area contributed by atoms with Crippen LogP contribution in [0, 0.1) is 17.3 Å². The Hall–Kier alpha value is -0.120. The first-order valence-corrected chi connectivity index (χ1v) is 7.38. The van der Waals surface area contributed by atoms with Gasteiger partial charge in [0.2, 0.25) is 0 Å². The van der Waals surface area contributed by atoms with Crippen molar-refractivity contribution < 1.29 is 9.47 Å². The van der Waals surface area contributed by atoms with E-state index in [2.05, 4.69) is 26.1 Å². The predicted octanol–water partition coefficient (Wildman–Crippen LogP) is 2.70. The number of nitrogens with one attached hydrogen (secondary N) is 1. The molecular weight excluding hydrogens is 226 g/mol. The highest BCUT2D eigenvalue weighted by Gasteiger charge is 2.37. The fraction of sp³-hybridized carbons (Fsp3) is 1.00. The SMILES string of the molecule is COCCC(C)C1(CNCC(C)C)CCCOC1. The first-order valence-electron chi connectivity index (χ1n) is 7.38. The molecule has 1 rings (SSSR count). The standard InChI is InChI=1S/C15H31NO2/c1-13(2)10-16-11-15(7-5-8-18-12-15)14(3)6-9-17-4/h13-14,16H,5-12H2,1-4H3. The minimum atomic E-state index is 0.311. The molecule has 1 heterocycles. The summed E-state index contributed by atoms with van der Waals surface area (Å²) in [4.78, 5) is 0. The van der Waals surface area contributed by atoms with Crippen LogP contribution in [0.5, 0.6) is 0 Å². The van der Waals surface area contributed by atoms with E-state index in [9.17, 15) is 0 Å². The third-order valence-corrected chi connectivity index (χ3v) is 4.18. The molecule has 3 nitrogen and oxygen atoms in total. The maximum Gasteiger partial charge on any atom is 0.0537 e. The first-order chi connectivity index (χ1) is 8.60. The van der Waals surface area contributed by atoms with Crippen molar-refractivity contribution in [1.29, 1.82) is 0 Å². The van der Waals surface area contributed by atoms with Crippen LogP contribution in [-0.4, -0.2) is 40.0 Å². The van der Waals surface area contributed by atoms with Crippen LogP contribution in [0.15, 0.2) is 0 Å². The zero-order chi connectivity index (χ0) is 13.4. The van der Waals surface area contributed by atoms with Gasteiger partial charge in [0.25, 0.3) is 0 Å². The lowest BCUT2D eigenvalue weighted by atomic mass is 9.71. The fourth-order valence-electron chi connectivity index (χ4n) is 2.79. The summed E-state index contributed by atoms with van der Waals surface area (Å²) in [6, 6.07) is 0. The zero-order valence-electron chi connectivity index (χ0n) is 12.6. The molecule has 1 aliphatic heterocycles. The van der Waals surface area contributed by atoms with E-state index in [0.717, 1.165) is 39.3 Å². The first kappa shape index (κ1) is 15.9. The van der Waals surface area contributed by atoms with Crippen LogP contribution in [0.3, 0.4) is 0 Å². The largest absolute Gasteiger partial charge is 0.385 e. The molecule has 0 aromatic heterocycles. The Morgan fingerprint density at radius 1 is 1.33 bits per heavy atom. The van der Waals surface area contributed by atoms with E-state index in [1.54, 1.807) is 7.11 Å². The molecule has 0 bridgehead atoms. The van der Waals surface area contributed by atoms with Gasteiger partial charge in [-0.2, -0.15) is 0 Å². The minimum absolute atomic E-state index is 0.311. The molecule has 0 aliphatic carbocycles.